The summed E-state index contributed by atoms with van der Waals surface area (Å²) < 4.78 is 28.9. The number of aryl methyl sites for hydroxylation is 5. The zero-order valence-electron chi connectivity index (χ0n) is 26.6. The van der Waals surface area contributed by atoms with Crippen LogP contribution in [0, 0.1) is 34.6 Å². The minimum atomic E-state index is -3.73. The average Bonchev–Trinajstić information content (AvgIpc) is 3.28. The Morgan fingerprint density at radius 3 is 2.23 bits per heavy atom. The van der Waals surface area contributed by atoms with Crippen LogP contribution in [0.3, 0.4) is 0 Å². The zero-order chi connectivity index (χ0) is 32.1. The van der Waals surface area contributed by atoms with Gasteiger partial charge < -0.3 is 9.88 Å². The number of aromatic nitrogens is 2. The predicted octanol–water partition coefficient (Wildman–Crippen LogP) is 6.26. The molecule has 3 heterocycles. The van der Waals surface area contributed by atoms with Crippen LogP contribution in [-0.4, -0.2) is 59.7 Å². The summed E-state index contributed by atoms with van der Waals surface area (Å²) in [6.07, 6.45) is 0. The fourth-order valence-corrected chi connectivity index (χ4v) is 9.66. The van der Waals surface area contributed by atoms with E-state index in [1.807, 2.05) is 26.0 Å². The number of amides is 1. The van der Waals surface area contributed by atoms with Gasteiger partial charge in [0.15, 0.2) is 0 Å². The van der Waals surface area contributed by atoms with Crippen molar-refractivity contribution >= 4 is 49.2 Å². The Hall–Kier alpha value is -2.99. The topological polar surface area (TPSA) is 103 Å². The highest BCUT2D eigenvalue weighted by Gasteiger charge is 2.34. The van der Waals surface area contributed by atoms with Crippen molar-refractivity contribution in [3.05, 3.63) is 84.8 Å². The van der Waals surface area contributed by atoms with Crippen LogP contribution in [0.15, 0.2) is 44.9 Å². The van der Waals surface area contributed by atoms with Gasteiger partial charge in [-0.25, -0.2) is 13.4 Å². The summed E-state index contributed by atoms with van der Waals surface area (Å²) in [5.41, 5.74) is 5.18. The molecule has 0 unspecified atom stereocenters. The minimum absolute atomic E-state index is 0.0874. The van der Waals surface area contributed by atoms with Gasteiger partial charge in [-0.05, 0) is 73.9 Å². The van der Waals surface area contributed by atoms with Gasteiger partial charge in [-0.2, -0.15) is 4.31 Å². The number of nitrogens with one attached hydrogen (secondary N) is 1. The first-order valence-corrected chi connectivity index (χ1v) is 18.0. The average molecular weight is 653 g/mol. The minimum Gasteiger partial charge on any atom is -0.335 e. The molecule has 1 aliphatic rings. The Morgan fingerprint density at radius 2 is 1.61 bits per heavy atom. The third kappa shape index (κ3) is 6.24. The Kier molecular flexibility index (Phi) is 8.89. The van der Waals surface area contributed by atoms with Gasteiger partial charge in [0.1, 0.15) is 10.7 Å². The third-order valence-corrected chi connectivity index (χ3v) is 12.7. The number of piperazine rings is 1. The van der Waals surface area contributed by atoms with Crippen molar-refractivity contribution in [1.29, 1.82) is 0 Å². The molecule has 0 radical (unpaired) electrons. The molecule has 5 rings (SSSR count). The number of thioether (sulfide) groups is 1. The van der Waals surface area contributed by atoms with E-state index < -0.39 is 10.0 Å². The molecule has 0 saturated carbocycles. The number of carbonyl (C=O) groups is 1. The molecule has 44 heavy (non-hydrogen) atoms. The fourth-order valence-electron chi connectivity index (χ4n) is 5.66. The highest BCUT2D eigenvalue weighted by molar-refractivity contribution is 7.98. The monoisotopic (exact) mass is 652 g/mol. The van der Waals surface area contributed by atoms with Gasteiger partial charge >= 0.3 is 0 Å². The molecule has 11 heteroatoms. The van der Waals surface area contributed by atoms with Gasteiger partial charge in [0.05, 0.1) is 20.9 Å². The SMILES string of the molecule is Cc1ccc(C)c(SCc2nc3sc(C(=O)N4CCN(S(=O)(=O)c5c(C)cc(C(C)(C)C)cc5C)CC4)c(C)c3c(=O)[nH]2)c1. The van der Waals surface area contributed by atoms with Crippen molar-refractivity contribution in [2.75, 3.05) is 26.2 Å². The van der Waals surface area contributed by atoms with Crippen LogP contribution < -0.4 is 5.56 Å². The molecule has 8 nitrogen and oxygen atoms in total. The van der Waals surface area contributed by atoms with Crippen LogP contribution in [0.2, 0.25) is 0 Å². The molecule has 1 saturated heterocycles. The van der Waals surface area contributed by atoms with Crippen molar-refractivity contribution in [2.24, 2.45) is 0 Å². The number of H-pyrrole nitrogens is 1. The summed E-state index contributed by atoms with van der Waals surface area (Å²) in [4.78, 5) is 38.5. The van der Waals surface area contributed by atoms with Gasteiger partial charge in [0.2, 0.25) is 10.0 Å². The highest BCUT2D eigenvalue weighted by Crippen LogP contribution is 2.33. The smallest absolute Gasteiger partial charge is 0.264 e. The second-order valence-corrected chi connectivity index (χ2v) is 16.6. The third-order valence-electron chi connectivity index (χ3n) is 8.20. The van der Waals surface area contributed by atoms with Crippen molar-refractivity contribution < 1.29 is 13.2 Å². The molecule has 1 aliphatic heterocycles. The molecule has 0 atom stereocenters. The van der Waals surface area contributed by atoms with E-state index >= 15 is 0 Å². The Bertz CT molecular complexity index is 1910. The van der Waals surface area contributed by atoms with E-state index in [4.69, 9.17) is 4.98 Å². The largest absolute Gasteiger partial charge is 0.335 e. The highest BCUT2D eigenvalue weighted by atomic mass is 32.2. The summed E-state index contributed by atoms with van der Waals surface area (Å²) in [6, 6.07) is 10.2. The number of carbonyl (C=O) groups excluding carboxylic acids is 1. The number of benzene rings is 2. The van der Waals surface area contributed by atoms with E-state index in [0.29, 0.717) is 37.1 Å². The number of hydrogen-bond acceptors (Lipinski definition) is 7. The standard InChI is InChI=1S/C33H40N4O4S3/c1-19-9-10-20(2)25(15-19)42-18-26-34-30(38)27-23(5)28(43-31(27)35-26)32(39)36-11-13-37(14-12-36)44(40,41)29-21(3)16-24(17-22(29)4)33(6,7)8/h9-10,15-17H,11-14,18H2,1-8H3,(H,34,35,38). The second kappa shape index (κ2) is 12.1. The van der Waals surface area contributed by atoms with Gasteiger partial charge in [-0.3, -0.25) is 9.59 Å². The van der Waals surface area contributed by atoms with Gasteiger partial charge in [-0.15, -0.1) is 23.1 Å². The molecule has 1 amide bonds. The van der Waals surface area contributed by atoms with Crippen LogP contribution in [-0.2, 0) is 21.2 Å². The van der Waals surface area contributed by atoms with Crippen LogP contribution in [0.5, 0.6) is 0 Å². The summed E-state index contributed by atoms with van der Waals surface area (Å²) in [7, 11) is -3.73. The number of nitrogens with zero attached hydrogens (tertiary/aromatic N) is 3. The van der Waals surface area contributed by atoms with Gasteiger partial charge in [0, 0.05) is 31.1 Å². The number of aromatic amines is 1. The van der Waals surface area contributed by atoms with E-state index in [2.05, 4.69) is 57.8 Å². The molecule has 234 valence electrons. The summed E-state index contributed by atoms with van der Waals surface area (Å²) >= 11 is 2.85. The number of rotatable bonds is 6. The number of hydrogen-bond donors (Lipinski definition) is 1. The van der Waals surface area contributed by atoms with Crippen LogP contribution in [0.25, 0.3) is 10.2 Å². The lowest BCUT2D eigenvalue weighted by atomic mass is 9.85. The molecule has 2 aromatic heterocycles. The predicted molar refractivity (Wildman–Crippen MR) is 180 cm³/mol. The quantitative estimate of drug-likeness (QED) is 0.247. The van der Waals surface area contributed by atoms with Crippen molar-refractivity contribution in [3.63, 3.8) is 0 Å². The van der Waals surface area contributed by atoms with Crippen LogP contribution in [0.1, 0.15) is 69.6 Å². The van der Waals surface area contributed by atoms with E-state index in [1.165, 1.54) is 26.8 Å². The van der Waals surface area contributed by atoms with E-state index in [1.54, 1.807) is 23.6 Å². The van der Waals surface area contributed by atoms with Crippen LogP contribution >= 0.6 is 23.1 Å². The van der Waals surface area contributed by atoms with Crippen molar-refractivity contribution in [1.82, 2.24) is 19.2 Å². The summed E-state index contributed by atoms with van der Waals surface area (Å²) in [5, 5.41) is 0.435. The van der Waals surface area contributed by atoms with E-state index in [0.717, 1.165) is 21.6 Å². The zero-order valence-corrected chi connectivity index (χ0v) is 29.1. The second-order valence-electron chi connectivity index (χ2n) is 12.7. The maximum Gasteiger partial charge on any atom is 0.264 e. The van der Waals surface area contributed by atoms with Gasteiger partial charge in [0.25, 0.3) is 11.5 Å². The van der Waals surface area contributed by atoms with E-state index in [9.17, 15) is 18.0 Å². The number of fused-ring (bicyclic) bond motifs is 1. The molecule has 0 spiro atoms. The summed E-state index contributed by atoms with van der Waals surface area (Å²) in [6.45, 7) is 16.9. The lowest BCUT2D eigenvalue weighted by Crippen LogP contribution is -2.50. The summed E-state index contributed by atoms with van der Waals surface area (Å²) in [5.74, 6) is 0.869. The molecule has 1 N–H and O–H groups in total. The number of thiophene rings is 1. The lowest BCUT2D eigenvalue weighted by Gasteiger charge is -2.34. The van der Waals surface area contributed by atoms with E-state index in [-0.39, 0.29) is 43.1 Å². The molecule has 1 fully saturated rings. The maximum atomic E-state index is 13.7. The normalized spacial score (nSPS) is 14.9. The maximum absolute atomic E-state index is 13.7. The van der Waals surface area contributed by atoms with Crippen molar-refractivity contribution in [2.45, 2.75) is 76.3 Å². The lowest BCUT2D eigenvalue weighted by molar-refractivity contribution is 0.0702. The molecule has 0 bridgehead atoms. The molecule has 4 aromatic rings. The molecular weight excluding hydrogens is 613 g/mol. The fraction of sp³-hybridized carbons (Fsp3) is 0.424. The molecule has 2 aromatic carbocycles. The van der Waals surface area contributed by atoms with Crippen LogP contribution in [0.4, 0.5) is 0 Å². The molecule has 0 aliphatic carbocycles. The Balaban J connectivity index is 1.32. The van der Waals surface area contributed by atoms with Crippen molar-refractivity contribution in [3.8, 4) is 0 Å². The first kappa shape index (κ1) is 32.4. The molecular formula is C33H40N4O4S3. The van der Waals surface area contributed by atoms with Gasteiger partial charge in [-0.1, -0.05) is 50.6 Å². The number of sulfonamides is 1. The first-order valence-electron chi connectivity index (χ1n) is 14.7. The Labute approximate surface area is 268 Å². The first-order chi connectivity index (χ1) is 20.6. The Morgan fingerprint density at radius 1 is 0.977 bits per heavy atom.